The number of nitrogens with one attached hydrogen (secondary N) is 1. The second-order valence-corrected chi connectivity index (χ2v) is 6.92. The maximum atomic E-state index is 12.7. The Morgan fingerprint density at radius 2 is 2.09 bits per heavy atom. The Balaban J connectivity index is 1.86. The van der Waals surface area contributed by atoms with Crippen LogP contribution >= 0.6 is 15.9 Å². The van der Waals surface area contributed by atoms with Crippen LogP contribution in [0.3, 0.4) is 0 Å². The number of carbonyl (C=O) groups is 2. The summed E-state index contributed by atoms with van der Waals surface area (Å²) >= 11 is 3.41. The molecular formula is C16H17BrN2O3. The number of carboxylic acid groups (broad SMARTS) is 1. The Kier molecular flexibility index (Phi) is 3.95. The molecule has 1 aliphatic rings. The molecule has 2 heterocycles. The highest BCUT2D eigenvalue weighted by molar-refractivity contribution is 9.10. The predicted octanol–water partition coefficient (Wildman–Crippen LogP) is 3.11. The van der Waals surface area contributed by atoms with Crippen LogP contribution in [0.5, 0.6) is 0 Å². The SMILES string of the molecule is CC1CC(C(=O)O)CN(C(=O)c2cc3cc(Br)ccc3[nH]2)C1. The van der Waals surface area contributed by atoms with Gasteiger partial charge < -0.3 is 15.0 Å². The number of likely N-dealkylation sites (tertiary alicyclic amines) is 1. The second-order valence-electron chi connectivity index (χ2n) is 6.00. The van der Waals surface area contributed by atoms with Crippen LogP contribution < -0.4 is 0 Å². The minimum atomic E-state index is -0.829. The van der Waals surface area contributed by atoms with Crippen molar-refractivity contribution in [1.82, 2.24) is 9.88 Å². The van der Waals surface area contributed by atoms with Gasteiger partial charge in [0.1, 0.15) is 5.69 Å². The van der Waals surface area contributed by atoms with Crippen LogP contribution in [0.2, 0.25) is 0 Å². The molecule has 5 nitrogen and oxygen atoms in total. The summed E-state index contributed by atoms with van der Waals surface area (Å²) < 4.78 is 0.954. The highest BCUT2D eigenvalue weighted by Crippen LogP contribution is 2.25. The number of piperidine rings is 1. The van der Waals surface area contributed by atoms with Crippen LogP contribution in [-0.2, 0) is 4.79 Å². The number of hydrogen-bond acceptors (Lipinski definition) is 2. The summed E-state index contributed by atoms with van der Waals surface area (Å²) in [7, 11) is 0. The molecule has 1 amide bonds. The molecule has 0 aliphatic carbocycles. The third-order valence-electron chi connectivity index (χ3n) is 4.11. The summed E-state index contributed by atoms with van der Waals surface area (Å²) in [6.07, 6.45) is 0.624. The van der Waals surface area contributed by atoms with Crippen molar-refractivity contribution in [2.45, 2.75) is 13.3 Å². The monoisotopic (exact) mass is 364 g/mol. The summed E-state index contributed by atoms with van der Waals surface area (Å²) in [6.45, 7) is 2.86. The van der Waals surface area contributed by atoms with Crippen molar-refractivity contribution in [2.24, 2.45) is 11.8 Å². The topological polar surface area (TPSA) is 73.4 Å². The van der Waals surface area contributed by atoms with Crippen LogP contribution in [0.4, 0.5) is 0 Å². The number of nitrogens with zero attached hydrogens (tertiary/aromatic N) is 1. The number of rotatable bonds is 2. The Hall–Kier alpha value is -1.82. The molecule has 2 aromatic rings. The maximum Gasteiger partial charge on any atom is 0.308 e. The van der Waals surface area contributed by atoms with Gasteiger partial charge in [-0.2, -0.15) is 0 Å². The van der Waals surface area contributed by atoms with Gasteiger partial charge in [0, 0.05) is 28.5 Å². The summed E-state index contributed by atoms with van der Waals surface area (Å²) in [5, 5.41) is 10.2. The molecule has 1 aromatic heterocycles. The lowest BCUT2D eigenvalue weighted by Crippen LogP contribution is -2.45. The normalized spacial score (nSPS) is 22.0. The van der Waals surface area contributed by atoms with E-state index < -0.39 is 11.9 Å². The minimum absolute atomic E-state index is 0.134. The Morgan fingerprint density at radius 1 is 1.32 bits per heavy atom. The van der Waals surface area contributed by atoms with Crippen LogP contribution in [0.1, 0.15) is 23.8 Å². The second kappa shape index (κ2) is 5.76. The van der Waals surface area contributed by atoms with Crippen molar-refractivity contribution in [2.75, 3.05) is 13.1 Å². The molecule has 0 bridgehead atoms. The van der Waals surface area contributed by atoms with Gasteiger partial charge >= 0.3 is 5.97 Å². The fourth-order valence-electron chi connectivity index (χ4n) is 3.09. The molecule has 0 radical (unpaired) electrons. The number of fused-ring (bicyclic) bond motifs is 1. The van der Waals surface area contributed by atoms with Gasteiger partial charge in [0.2, 0.25) is 0 Å². The first-order valence-corrected chi connectivity index (χ1v) is 8.03. The lowest BCUT2D eigenvalue weighted by atomic mass is 9.90. The van der Waals surface area contributed by atoms with Crippen molar-refractivity contribution >= 4 is 38.7 Å². The van der Waals surface area contributed by atoms with E-state index in [1.54, 1.807) is 4.90 Å². The van der Waals surface area contributed by atoms with Crippen molar-refractivity contribution in [3.05, 3.63) is 34.4 Å². The van der Waals surface area contributed by atoms with E-state index in [9.17, 15) is 14.7 Å². The highest BCUT2D eigenvalue weighted by Gasteiger charge is 2.32. The number of carboxylic acids is 1. The molecule has 22 heavy (non-hydrogen) atoms. The number of halogens is 1. The van der Waals surface area contributed by atoms with E-state index in [4.69, 9.17) is 0 Å². The number of aromatic amines is 1. The maximum absolute atomic E-state index is 12.7. The molecule has 0 saturated carbocycles. The van der Waals surface area contributed by atoms with E-state index in [1.165, 1.54) is 0 Å². The first kappa shape index (κ1) is 15.1. The molecular weight excluding hydrogens is 348 g/mol. The van der Waals surface area contributed by atoms with Gasteiger partial charge in [-0.3, -0.25) is 9.59 Å². The first-order valence-electron chi connectivity index (χ1n) is 7.24. The van der Waals surface area contributed by atoms with Gasteiger partial charge in [0.15, 0.2) is 0 Å². The quantitative estimate of drug-likeness (QED) is 0.859. The third-order valence-corrected chi connectivity index (χ3v) is 4.60. The van der Waals surface area contributed by atoms with Gasteiger partial charge in [-0.25, -0.2) is 0 Å². The van der Waals surface area contributed by atoms with Gasteiger partial charge in [-0.15, -0.1) is 0 Å². The first-order chi connectivity index (χ1) is 10.4. The lowest BCUT2D eigenvalue weighted by Gasteiger charge is -2.34. The van der Waals surface area contributed by atoms with E-state index in [1.807, 2.05) is 31.2 Å². The number of carbonyl (C=O) groups excluding carboxylic acids is 1. The van der Waals surface area contributed by atoms with Gasteiger partial charge in [-0.1, -0.05) is 22.9 Å². The molecule has 1 saturated heterocycles. The number of amides is 1. The Morgan fingerprint density at radius 3 is 2.82 bits per heavy atom. The van der Waals surface area contributed by atoms with Gasteiger partial charge in [0.05, 0.1) is 5.92 Å². The molecule has 1 fully saturated rings. The van der Waals surface area contributed by atoms with Gasteiger partial charge in [-0.05, 0) is 36.6 Å². The average Bonchev–Trinajstić information content (AvgIpc) is 2.88. The summed E-state index contributed by atoms with van der Waals surface area (Å²) in [5.74, 6) is -1.25. The Labute approximate surface area is 136 Å². The van der Waals surface area contributed by atoms with E-state index in [2.05, 4.69) is 20.9 Å². The molecule has 1 aliphatic heterocycles. The third kappa shape index (κ3) is 2.88. The lowest BCUT2D eigenvalue weighted by molar-refractivity contribution is -0.143. The van der Waals surface area contributed by atoms with Crippen LogP contribution in [0.15, 0.2) is 28.7 Å². The predicted molar refractivity (Wildman–Crippen MR) is 86.8 cm³/mol. The van der Waals surface area contributed by atoms with Crippen LogP contribution in [0.25, 0.3) is 10.9 Å². The largest absolute Gasteiger partial charge is 0.481 e. The summed E-state index contributed by atoms with van der Waals surface area (Å²) in [5.41, 5.74) is 1.40. The molecule has 6 heteroatoms. The van der Waals surface area contributed by atoms with Crippen molar-refractivity contribution in [1.29, 1.82) is 0 Å². The Bertz CT molecular complexity index is 740. The minimum Gasteiger partial charge on any atom is -0.481 e. The van der Waals surface area contributed by atoms with Crippen molar-refractivity contribution in [3.63, 3.8) is 0 Å². The van der Waals surface area contributed by atoms with Gasteiger partial charge in [0.25, 0.3) is 5.91 Å². The summed E-state index contributed by atoms with van der Waals surface area (Å²) in [6, 6.07) is 7.59. The molecule has 2 atom stereocenters. The van der Waals surface area contributed by atoms with Crippen molar-refractivity contribution in [3.8, 4) is 0 Å². The zero-order chi connectivity index (χ0) is 15.9. The van der Waals surface area contributed by atoms with E-state index in [-0.39, 0.29) is 18.4 Å². The summed E-state index contributed by atoms with van der Waals surface area (Å²) in [4.78, 5) is 28.7. The number of H-pyrrole nitrogens is 1. The standard InChI is InChI=1S/C16H17BrN2O3/c1-9-4-11(16(21)22)8-19(7-9)15(20)14-6-10-5-12(17)2-3-13(10)18-14/h2-3,5-6,9,11,18H,4,7-8H2,1H3,(H,21,22). The average molecular weight is 365 g/mol. The molecule has 2 unspecified atom stereocenters. The number of aliphatic carboxylic acids is 1. The van der Waals surface area contributed by atoms with Crippen LogP contribution in [-0.4, -0.2) is 40.0 Å². The van der Waals surface area contributed by atoms with E-state index in [0.29, 0.717) is 18.7 Å². The number of hydrogen-bond donors (Lipinski definition) is 2. The fraction of sp³-hybridized carbons (Fsp3) is 0.375. The van der Waals surface area contributed by atoms with E-state index in [0.717, 1.165) is 15.4 Å². The van der Waals surface area contributed by atoms with E-state index >= 15 is 0 Å². The number of benzene rings is 1. The molecule has 1 aromatic carbocycles. The zero-order valence-corrected chi connectivity index (χ0v) is 13.8. The van der Waals surface area contributed by atoms with Crippen LogP contribution in [0, 0.1) is 11.8 Å². The smallest absolute Gasteiger partial charge is 0.308 e. The molecule has 3 rings (SSSR count). The van der Waals surface area contributed by atoms with Crippen molar-refractivity contribution < 1.29 is 14.7 Å². The number of aromatic nitrogens is 1. The fourth-order valence-corrected chi connectivity index (χ4v) is 3.46. The molecule has 0 spiro atoms. The molecule has 2 N–H and O–H groups in total. The molecule has 116 valence electrons. The zero-order valence-electron chi connectivity index (χ0n) is 12.2. The highest BCUT2D eigenvalue weighted by atomic mass is 79.9.